The molecule has 1 saturated heterocycles. The molecule has 6 aromatic rings. The molecule has 3 aromatic carbocycles. The summed E-state index contributed by atoms with van der Waals surface area (Å²) in [6.07, 6.45) is 2.32. The maximum absolute atomic E-state index is 13.7. The summed E-state index contributed by atoms with van der Waals surface area (Å²) in [6, 6.07) is 13.9. The lowest BCUT2D eigenvalue weighted by atomic mass is 9.93. The zero-order chi connectivity index (χ0) is 88.4. The number of carbonyl (C=O) groups is 10. The molecule has 5 atom stereocenters. The van der Waals surface area contributed by atoms with Crippen molar-refractivity contribution < 1.29 is 93.2 Å². The van der Waals surface area contributed by atoms with Crippen LogP contribution < -0.4 is 68.5 Å². The molecular formula is C76H96N18O21S4Si2. The fourth-order valence-electron chi connectivity index (χ4n) is 13.3. The van der Waals surface area contributed by atoms with Crippen molar-refractivity contribution in [1.29, 1.82) is 0 Å². The maximum atomic E-state index is 13.7. The van der Waals surface area contributed by atoms with Gasteiger partial charge in [-0.3, -0.25) is 53.0 Å². The van der Waals surface area contributed by atoms with Gasteiger partial charge >= 0.3 is 17.9 Å². The van der Waals surface area contributed by atoms with Gasteiger partial charge < -0.3 is 76.7 Å². The van der Waals surface area contributed by atoms with Crippen molar-refractivity contribution in [3.8, 4) is 22.5 Å². The maximum Gasteiger partial charge on any atom is 0.327 e. The van der Waals surface area contributed by atoms with E-state index in [2.05, 4.69) is 76.0 Å². The number of thioether (sulfide) groups is 2. The van der Waals surface area contributed by atoms with Crippen LogP contribution in [0.15, 0.2) is 122 Å². The van der Waals surface area contributed by atoms with Crippen molar-refractivity contribution in [3.05, 3.63) is 130 Å². The number of likely N-dealkylation sites (tertiary alicyclic amines) is 1. The van der Waals surface area contributed by atoms with Gasteiger partial charge in [0.15, 0.2) is 33.0 Å². The van der Waals surface area contributed by atoms with Crippen LogP contribution in [-0.2, 0) is 80.5 Å². The lowest BCUT2D eigenvalue weighted by Crippen LogP contribution is -2.58. The molecule has 15 N–H and O–H groups in total. The number of nitrogens with two attached hydrogens (primary N) is 2. The van der Waals surface area contributed by atoms with Crippen LogP contribution in [0.25, 0.3) is 44.6 Å². The number of nitrogens with one attached hydrogen (secondary N) is 8. The number of hydrogen-bond acceptors (Lipinski definition) is 29. The summed E-state index contributed by atoms with van der Waals surface area (Å²) < 4.78 is 84.8. The molecule has 5 heterocycles. The minimum absolute atomic E-state index is 0.00488. The molecule has 0 bridgehead atoms. The Morgan fingerprint density at radius 2 is 1.45 bits per heavy atom. The van der Waals surface area contributed by atoms with Crippen LogP contribution in [0.5, 0.6) is 0 Å². The number of carbonyl (C=O) groups excluding carboxylic acids is 7. The monoisotopic (exact) mass is 1780 g/mol. The van der Waals surface area contributed by atoms with Crippen molar-refractivity contribution in [1.82, 2.24) is 70.7 Å². The van der Waals surface area contributed by atoms with Gasteiger partial charge in [-0.25, -0.2) is 55.7 Å². The summed E-state index contributed by atoms with van der Waals surface area (Å²) >= 11 is 2.11. The number of carboxylic acids is 3. The molecule has 121 heavy (non-hydrogen) atoms. The normalized spacial score (nSPS) is 14.2. The molecule has 9 rings (SSSR count). The predicted octanol–water partition coefficient (Wildman–Crippen LogP) is 2.71. The van der Waals surface area contributed by atoms with E-state index in [1.54, 1.807) is 12.1 Å². The Labute approximate surface area is 705 Å². The fourth-order valence-corrected chi connectivity index (χ4v) is 26.7. The highest BCUT2D eigenvalue weighted by Crippen LogP contribution is 2.44. The molecule has 0 radical (unpaired) electrons. The number of aliphatic carboxylic acids is 3. The predicted molar refractivity (Wildman–Crippen MR) is 453 cm³/mol. The van der Waals surface area contributed by atoms with Gasteiger partial charge in [-0.15, -0.1) is 11.8 Å². The lowest BCUT2D eigenvalue weighted by molar-refractivity contribution is -0.142. The van der Waals surface area contributed by atoms with Crippen molar-refractivity contribution >= 4 is 159 Å². The van der Waals surface area contributed by atoms with Gasteiger partial charge in [0.1, 0.15) is 58.7 Å². The van der Waals surface area contributed by atoms with Crippen molar-refractivity contribution in [2.24, 2.45) is 5.73 Å². The number of nitrogens with zero attached hydrogens (tertiary/aromatic N) is 8. The van der Waals surface area contributed by atoms with Gasteiger partial charge in [-0.1, -0.05) is 17.8 Å². The van der Waals surface area contributed by atoms with E-state index in [1.807, 2.05) is 78.1 Å². The Kier molecular flexibility index (Phi) is 32.1. The highest BCUT2D eigenvalue weighted by atomic mass is 32.2. The van der Waals surface area contributed by atoms with E-state index in [0.29, 0.717) is 94.0 Å². The summed E-state index contributed by atoms with van der Waals surface area (Å²) in [5.41, 5.74) is 14.2. The largest absolute Gasteiger partial charge is 0.744 e. The van der Waals surface area contributed by atoms with Gasteiger partial charge in [-0.2, -0.15) is 4.98 Å². The second-order valence-electron chi connectivity index (χ2n) is 29.3. The third kappa shape index (κ3) is 25.5. The van der Waals surface area contributed by atoms with Gasteiger partial charge in [0.05, 0.1) is 52.5 Å². The number of H-pyrrole nitrogens is 1. The van der Waals surface area contributed by atoms with Crippen LogP contribution in [0.4, 0.5) is 17.3 Å². The van der Waals surface area contributed by atoms with Crippen LogP contribution in [-0.4, -0.2) is 234 Å². The Morgan fingerprint density at radius 3 is 2.10 bits per heavy atom. The zero-order valence-corrected chi connectivity index (χ0v) is 72.7. The van der Waals surface area contributed by atoms with Crippen LogP contribution in [0.2, 0.25) is 32.2 Å². The molecule has 7 amide bonds. The van der Waals surface area contributed by atoms with E-state index in [1.165, 1.54) is 66.8 Å². The molecule has 1 fully saturated rings. The first-order chi connectivity index (χ1) is 57.2. The summed E-state index contributed by atoms with van der Waals surface area (Å²) in [6.45, 7) is 17.9. The van der Waals surface area contributed by atoms with E-state index in [-0.39, 0.29) is 73.2 Å². The number of aromatic nitrogens is 6. The average Bonchev–Trinajstić information content (AvgIpc) is 1.25. The first kappa shape index (κ1) is 93.7. The number of rotatable bonds is 44. The second-order valence-corrected chi connectivity index (χ2v) is 43.8. The first-order valence-corrected chi connectivity index (χ1v) is 49.6. The quantitative estimate of drug-likeness (QED) is 0.00381. The van der Waals surface area contributed by atoms with Crippen molar-refractivity contribution in [2.75, 3.05) is 72.9 Å². The van der Waals surface area contributed by atoms with Gasteiger partial charge in [0.25, 0.3) is 11.5 Å². The molecule has 0 saturated carbocycles. The van der Waals surface area contributed by atoms with E-state index >= 15 is 0 Å². The molecule has 3 aliphatic rings. The standard InChI is InChI=1S/C76H96N18O21S4Si2/c1-9-92(10-2)47-19-22-50-57(30-47)114-58-31-48(93(11-3)12-4)20-23-51(58)65(50)52-24-21-49(32-60(52)119(111,112)113)118(109,110)84-28-27-79-61(95)14-13-29-120(5,6)115-121(7,8)42-117-76-82-36-43(37-83-76)40-94-63(97)34-59(72(94)104)116-41-56(74(107)108)89-70(102)55(35-77)88-69(101)54(33-64(98)99)86-62(96)26-25-53(73(105)106)87-68(100)44-15-17-45(18-16-44)80-38-46-39-81-67-66(85-46)71(103)91-75(78)90-67/h15-24,30-32,36-37,39,53-56,59,84H,9-14,25-29,33-35,38,40-42,77H2,1-8H3,(H12-,78,79,80,81,86,87,88,89,90,91,95,96,98,99,100,101,102,103,105,106,107,108,111,112,113)/t53-,54-,55-,56-,59?/m0/s1. The minimum Gasteiger partial charge on any atom is -0.744 e. The van der Waals surface area contributed by atoms with Crippen LogP contribution in [0.1, 0.15) is 87.8 Å². The SMILES string of the molecule is CCN(CC)c1ccc2c(-c3ccc(S(=O)(=O)NCCNC(=O)CCC[Si](C)(C)O[Si](C)(C)CSc4ncc(CN5C(=O)CC(SC[C@H](NC(=O)[C@H](CN)NC(=O)[C@H](CC(=O)O)NC(=O)CC[C@H](NC(=O)c6ccc(NCc7cnc8nc(N)[nH]c(=O)c8n7)cc6)C(=O)O)C(=O)O)C5=O)cn4)cc3S(=O)(=O)[O-])c3ccc(=[N+](CC)CC)cc-3oc2c1. The Bertz CT molecular complexity index is 5570. The van der Waals surface area contributed by atoms with Crippen molar-refractivity contribution in [3.63, 3.8) is 0 Å². The summed E-state index contributed by atoms with van der Waals surface area (Å²) in [5, 5.41) is 45.5. The summed E-state index contributed by atoms with van der Waals surface area (Å²) in [5.74, 6) is -10.7. The summed E-state index contributed by atoms with van der Waals surface area (Å²) in [4.78, 5) is 167. The first-order valence-electron chi connectivity index (χ1n) is 38.5. The molecule has 1 unspecified atom stereocenters. The van der Waals surface area contributed by atoms with Crippen molar-refractivity contribution in [2.45, 2.75) is 156 Å². The molecule has 0 spiro atoms. The van der Waals surface area contributed by atoms with E-state index in [9.17, 15) is 89.4 Å². The number of carboxylic acid groups (broad SMARTS) is 3. The van der Waals surface area contributed by atoms with Crippen LogP contribution >= 0.6 is 23.5 Å². The second kappa shape index (κ2) is 41.4. The van der Waals surface area contributed by atoms with Gasteiger partial charge in [0.2, 0.25) is 56.8 Å². The Morgan fingerprint density at radius 1 is 0.769 bits per heavy atom. The number of nitrogen functional groups attached to an aromatic ring is 1. The molecule has 648 valence electrons. The Hall–Kier alpha value is -11.2. The van der Waals surface area contributed by atoms with Crippen LogP contribution in [0, 0.1) is 0 Å². The Balaban J connectivity index is 0.683. The summed E-state index contributed by atoms with van der Waals surface area (Å²) in [7, 11) is -14.5. The topological polar surface area (TPSA) is 588 Å². The number of hydrogen-bond donors (Lipinski definition) is 13. The number of anilines is 3. The number of amides is 7. The number of imide groups is 1. The number of aromatic amines is 1. The lowest BCUT2D eigenvalue weighted by Gasteiger charge is -2.33. The molecule has 2 aliphatic heterocycles. The highest BCUT2D eigenvalue weighted by molar-refractivity contribution is 8.01. The van der Waals surface area contributed by atoms with E-state index in [0.717, 1.165) is 33.8 Å². The molecule has 45 heteroatoms. The molecule has 1 aliphatic carbocycles. The molecular weight excluding hydrogens is 1690 g/mol. The highest BCUT2D eigenvalue weighted by Gasteiger charge is 2.41. The van der Waals surface area contributed by atoms with Crippen LogP contribution in [0.3, 0.4) is 0 Å². The van der Waals surface area contributed by atoms with E-state index in [4.69, 9.17) is 20.0 Å². The van der Waals surface area contributed by atoms with Gasteiger partial charge in [0, 0.05) is 132 Å². The molecule has 3 aromatic heterocycles. The minimum atomic E-state index is -5.30. The smallest absolute Gasteiger partial charge is 0.327 e. The zero-order valence-electron chi connectivity index (χ0n) is 67.4. The number of benzene rings is 4. The molecule has 39 nitrogen and oxygen atoms in total. The van der Waals surface area contributed by atoms with Gasteiger partial charge in [-0.05, 0) is 127 Å². The number of fused-ring (bicyclic) bond motifs is 3. The average molecular weight is 1780 g/mol. The number of sulfonamides is 1. The third-order valence-corrected chi connectivity index (χ3v) is 32.8. The third-order valence-electron chi connectivity index (χ3n) is 19.3. The fraction of sp³-hybridized carbons (Fsp3) is 0.408. The van der Waals surface area contributed by atoms with E-state index < -0.39 is 166 Å².